The van der Waals surface area contributed by atoms with E-state index in [1.807, 2.05) is 0 Å². The number of pyridine rings is 1. The van der Waals surface area contributed by atoms with Gasteiger partial charge >= 0.3 is 0 Å². The van der Waals surface area contributed by atoms with Crippen molar-refractivity contribution in [3.05, 3.63) is 24.0 Å². The number of carbonyl (C=O) groups is 1. The minimum atomic E-state index is -0.224. The van der Waals surface area contributed by atoms with Crippen molar-refractivity contribution in [3.63, 3.8) is 0 Å². The molecule has 0 bridgehead atoms. The molecule has 5 nitrogen and oxygen atoms in total. The van der Waals surface area contributed by atoms with Gasteiger partial charge in [0.15, 0.2) is 0 Å². The van der Waals surface area contributed by atoms with Crippen LogP contribution in [0.15, 0.2) is 18.5 Å². The van der Waals surface area contributed by atoms with Crippen LogP contribution in [0.3, 0.4) is 0 Å². The normalized spacial score (nSPS) is 10.4. The summed E-state index contributed by atoms with van der Waals surface area (Å²) in [6.45, 7) is 2.66. The van der Waals surface area contributed by atoms with Gasteiger partial charge in [-0.3, -0.25) is 9.78 Å². The summed E-state index contributed by atoms with van der Waals surface area (Å²) >= 11 is 0. The molecule has 0 aromatic carbocycles. The fourth-order valence-electron chi connectivity index (χ4n) is 1.66. The van der Waals surface area contributed by atoms with Crippen LogP contribution in [0.2, 0.25) is 0 Å². The molecule has 5 heteroatoms. The van der Waals surface area contributed by atoms with Gasteiger partial charge in [0, 0.05) is 18.4 Å². The third-order valence-corrected chi connectivity index (χ3v) is 2.73. The van der Waals surface area contributed by atoms with Crippen molar-refractivity contribution in [2.45, 2.75) is 39.2 Å². The number of aliphatic hydroxyl groups is 1. The van der Waals surface area contributed by atoms with Crippen molar-refractivity contribution in [2.24, 2.45) is 0 Å². The molecule has 2 N–H and O–H groups in total. The first-order valence-corrected chi connectivity index (χ1v) is 6.69. The molecule has 0 aliphatic heterocycles. The first-order chi connectivity index (χ1) is 9.27. The zero-order valence-corrected chi connectivity index (χ0v) is 11.4. The standard InChI is InChI=1S/C14H22N2O3/c1-2-3-4-5-8-19-11-14(18)16-13-9-15-7-6-12(13)10-17/h6-7,9,17H,2-5,8,10-11H2,1H3,(H,16,18). The van der Waals surface area contributed by atoms with Gasteiger partial charge in [0.25, 0.3) is 0 Å². The molecule has 0 saturated carbocycles. The number of carbonyl (C=O) groups excluding carboxylic acids is 1. The highest BCUT2D eigenvalue weighted by molar-refractivity contribution is 5.92. The fraction of sp³-hybridized carbons (Fsp3) is 0.571. The number of ether oxygens (including phenoxy) is 1. The van der Waals surface area contributed by atoms with Crippen molar-refractivity contribution in [1.82, 2.24) is 4.98 Å². The van der Waals surface area contributed by atoms with Crippen LogP contribution in [0.25, 0.3) is 0 Å². The summed E-state index contributed by atoms with van der Waals surface area (Å²) in [5.74, 6) is -0.224. The maximum absolute atomic E-state index is 11.6. The highest BCUT2D eigenvalue weighted by atomic mass is 16.5. The Labute approximate surface area is 114 Å². The second kappa shape index (κ2) is 9.47. The monoisotopic (exact) mass is 266 g/mol. The smallest absolute Gasteiger partial charge is 0.250 e. The number of rotatable bonds is 9. The SMILES string of the molecule is CCCCCCOCC(=O)Nc1cnccc1CO. The molecule has 106 valence electrons. The molecule has 0 atom stereocenters. The minimum Gasteiger partial charge on any atom is -0.392 e. The lowest BCUT2D eigenvalue weighted by Gasteiger charge is -2.09. The van der Waals surface area contributed by atoms with Gasteiger partial charge in [-0.15, -0.1) is 0 Å². The number of nitrogens with one attached hydrogen (secondary N) is 1. The summed E-state index contributed by atoms with van der Waals surface area (Å²) < 4.78 is 5.29. The van der Waals surface area contributed by atoms with Crippen LogP contribution in [0.5, 0.6) is 0 Å². The minimum absolute atomic E-state index is 0.0336. The van der Waals surface area contributed by atoms with Crippen molar-refractivity contribution in [2.75, 3.05) is 18.5 Å². The molecule has 0 aliphatic carbocycles. The van der Waals surface area contributed by atoms with Crippen LogP contribution in [-0.2, 0) is 16.1 Å². The predicted octanol–water partition coefficient (Wildman–Crippen LogP) is 2.11. The summed E-state index contributed by atoms with van der Waals surface area (Å²) in [5.41, 5.74) is 1.18. The van der Waals surface area contributed by atoms with E-state index in [0.717, 1.165) is 12.8 Å². The molecule has 0 unspecified atom stereocenters. The molecule has 0 spiro atoms. The topological polar surface area (TPSA) is 71.5 Å². The van der Waals surface area contributed by atoms with E-state index in [1.54, 1.807) is 12.3 Å². The summed E-state index contributed by atoms with van der Waals surface area (Å²) in [6, 6.07) is 1.67. The van der Waals surface area contributed by atoms with E-state index < -0.39 is 0 Å². The van der Waals surface area contributed by atoms with Gasteiger partial charge in [-0.2, -0.15) is 0 Å². The predicted molar refractivity (Wildman–Crippen MR) is 73.8 cm³/mol. The summed E-state index contributed by atoms with van der Waals surface area (Å²) in [4.78, 5) is 15.5. The van der Waals surface area contributed by atoms with Gasteiger partial charge in [-0.05, 0) is 12.5 Å². The van der Waals surface area contributed by atoms with Gasteiger partial charge < -0.3 is 15.2 Å². The Kier molecular flexibility index (Phi) is 7.77. The zero-order valence-electron chi connectivity index (χ0n) is 11.4. The Morgan fingerprint density at radius 2 is 2.26 bits per heavy atom. The van der Waals surface area contributed by atoms with Crippen molar-refractivity contribution >= 4 is 11.6 Å². The van der Waals surface area contributed by atoms with E-state index in [9.17, 15) is 4.79 Å². The van der Waals surface area contributed by atoms with Crippen LogP contribution in [-0.4, -0.2) is 29.2 Å². The molecule has 0 fully saturated rings. The molecule has 0 aliphatic rings. The maximum Gasteiger partial charge on any atom is 0.250 e. The lowest BCUT2D eigenvalue weighted by molar-refractivity contribution is -0.120. The van der Waals surface area contributed by atoms with E-state index in [4.69, 9.17) is 9.84 Å². The lowest BCUT2D eigenvalue weighted by Crippen LogP contribution is -2.19. The van der Waals surface area contributed by atoms with E-state index in [-0.39, 0.29) is 19.1 Å². The first-order valence-electron chi connectivity index (χ1n) is 6.69. The Balaban J connectivity index is 2.23. The van der Waals surface area contributed by atoms with Crippen LogP contribution >= 0.6 is 0 Å². The summed E-state index contributed by atoms with van der Waals surface area (Å²) in [6.07, 6.45) is 7.60. The number of aliphatic hydroxyl groups excluding tert-OH is 1. The Hall–Kier alpha value is -1.46. The van der Waals surface area contributed by atoms with Crippen LogP contribution < -0.4 is 5.32 Å². The Morgan fingerprint density at radius 3 is 3.00 bits per heavy atom. The lowest BCUT2D eigenvalue weighted by atomic mass is 10.2. The Bertz CT molecular complexity index is 383. The van der Waals surface area contributed by atoms with Gasteiger partial charge in [0.2, 0.25) is 5.91 Å². The molecule has 1 amide bonds. The molecular formula is C14H22N2O3. The van der Waals surface area contributed by atoms with Gasteiger partial charge in [-0.25, -0.2) is 0 Å². The van der Waals surface area contributed by atoms with Crippen molar-refractivity contribution < 1.29 is 14.6 Å². The van der Waals surface area contributed by atoms with Crippen LogP contribution in [0.1, 0.15) is 38.2 Å². The first kappa shape index (κ1) is 15.6. The molecule has 1 heterocycles. The molecule has 0 saturated heterocycles. The number of nitrogens with zero attached hydrogens (tertiary/aromatic N) is 1. The summed E-state index contributed by atoms with van der Waals surface area (Å²) in [5, 5.41) is 11.8. The van der Waals surface area contributed by atoms with Crippen molar-refractivity contribution in [3.8, 4) is 0 Å². The number of aromatic nitrogens is 1. The molecular weight excluding hydrogens is 244 g/mol. The fourth-order valence-corrected chi connectivity index (χ4v) is 1.66. The number of unbranched alkanes of at least 4 members (excludes halogenated alkanes) is 3. The number of amides is 1. The molecule has 1 rings (SSSR count). The average Bonchev–Trinajstić information content (AvgIpc) is 2.43. The van der Waals surface area contributed by atoms with E-state index in [1.165, 1.54) is 19.0 Å². The van der Waals surface area contributed by atoms with Gasteiger partial charge in [0.1, 0.15) is 6.61 Å². The maximum atomic E-state index is 11.6. The molecule has 1 aromatic heterocycles. The molecule has 1 aromatic rings. The Morgan fingerprint density at radius 1 is 1.42 bits per heavy atom. The van der Waals surface area contributed by atoms with Gasteiger partial charge in [-0.1, -0.05) is 26.2 Å². The zero-order chi connectivity index (χ0) is 13.9. The van der Waals surface area contributed by atoms with Crippen molar-refractivity contribution in [1.29, 1.82) is 0 Å². The third-order valence-electron chi connectivity index (χ3n) is 2.73. The summed E-state index contributed by atoms with van der Waals surface area (Å²) in [7, 11) is 0. The highest BCUT2D eigenvalue weighted by Gasteiger charge is 2.06. The number of anilines is 1. The largest absolute Gasteiger partial charge is 0.392 e. The number of hydrogen-bond acceptors (Lipinski definition) is 4. The quantitative estimate of drug-likeness (QED) is 0.671. The number of hydrogen-bond donors (Lipinski definition) is 2. The molecule has 0 radical (unpaired) electrons. The van der Waals surface area contributed by atoms with Gasteiger partial charge in [0.05, 0.1) is 18.5 Å². The highest BCUT2D eigenvalue weighted by Crippen LogP contribution is 2.12. The third kappa shape index (κ3) is 6.31. The van der Waals surface area contributed by atoms with Crippen LogP contribution in [0.4, 0.5) is 5.69 Å². The average molecular weight is 266 g/mol. The second-order valence-corrected chi connectivity index (χ2v) is 4.35. The van der Waals surface area contributed by atoms with E-state index in [2.05, 4.69) is 17.2 Å². The van der Waals surface area contributed by atoms with E-state index in [0.29, 0.717) is 17.9 Å². The second-order valence-electron chi connectivity index (χ2n) is 4.35. The van der Waals surface area contributed by atoms with Crippen LogP contribution in [0, 0.1) is 0 Å². The van der Waals surface area contributed by atoms with E-state index >= 15 is 0 Å². The molecule has 19 heavy (non-hydrogen) atoms.